The molecule has 6 nitrogen and oxygen atoms in total. The number of hydrogen-bond acceptors (Lipinski definition) is 8. The summed E-state index contributed by atoms with van der Waals surface area (Å²) < 4.78 is 8.17. The van der Waals surface area contributed by atoms with Crippen LogP contribution in [0.5, 0.6) is 11.5 Å². The van der Waals surface area contributed by atoms with E-state index in [4.69, 9.17) is 0 Å². The molecule has 2 heterocycles. The first kappa shape index (κ1) is 7.83. The van der Waals surface area contributed by atoms with Gasteiger partial charge in [-0.2, -0.15) is 0 Å². The molecule has 0 radical (unpaired) electrons. The first-order chi connectivity index (χ1) is 6.79. The maximum absolute atomic E-state index is 9.74. The molecule has 14 heavy (non-hydrogen) atoms. The number of rotatable bonds is 0. The molecule has 1 aromatic carbocycles. The standard InChI is InChI=1S/C6H2N4O2S2/c11-3-1-5(13-9-7-1)4(12)2-6(3)14-10-8-2/h11-12H. The Morgan fingerprint density at radius 2 is 1.21 bits per heavy atom. The minimum atomic E-state index is -0.0171. The van der Waals surface area contributed by atoms with Gasteiger partial charge in [0.25, 0.3) is 0 Å². The van der Waals surface area contributed by atoms with Gasteiger partial charge < -0.3 is 10.2 Å². The Kier molecular flexibility index (Phi) is 1.39. The van der Waals surface area contributed by atoms with Gasteiger partial charge in [-0.3, -0.25) is 0 Å². The van der Waals surface area contributed by atoms with E-state index in [-0.39, 0.29) is 11.5 Å². The topological polar surface area (TPSA) is 92.0 Å². The second-order valence-electron chi connectivity index (χ2n) is 2.60. The lowest BCUT2D eigenvalue weighted by Gasteiger charge is -1.96. The van der Waals surface area contributed by atoms with Crippen molar-refractivity contribution in [2.24, 2.45) is 0 Å². The van der Waals surface area contributed by atoms with Crippen molar-refractivity contribution in [3.63, 3.8) is 0 Å². The van der Waals surface area contributed by atoms with Gasteiger partial charge in [0.05, 0.1) is 0 Å². The molecular formula is C6H2N4O2S2. The van der Waals surface area contributed by atoms with Gasteiger partial charge in [-0.25, -0.2) is 0 Å². The van der Waals surface area contributed by atoms with Gasteiger partial charge in [0.2, 0.25) is 0 Å². The molecule has 0 bridgehead atoms. The maximum atomic E-state index is 9.74. The summed E-state index contributed by atoms with van der Waals surface area (Å²) in [5, 5.41) is 26.9. The smallest absolute Gasteiger partial charge is 0.166 e. The number of nitrogens with zero attached hydrogens (tertiary/aromatic N) is 4. The molecule has 0 saturated heterocycles. The highest BCUT2D eigenvalue weighted by atomic mass is 32.1. The van der Waals surface area contributed by atoms with Crippen molar-refractivity contribution in [2.45, 2.75) is 0 Å². The van der Waals surface area contributed by atoms with Crippen LogP contribution in [0.4, 0.5) is 0 Å². The van der Waals surface area contributed by atoms with Gasteiger partial charge in [0.1, 0.15) is 9.40 Å². The Balaban J connectivity index is 2.72. The van der Waals surface area contributed by atoms with Crippen LogP contribution in [-0.4, -0.2) is 29.4 Å². The molecule has 70 valence electrons. The summed E-state index contributed by atoms with van der Waals surface area (Å²) in [5.74, 6) is -0.0342. The molecule has 2 N–H and O–H groups in total. The first-order valence-corrected chi connectivity index (χ1v) is 5.11. The lowest BCUT2D eigenvalue weighted by atomic mass is 10.2. The Labute approximate surface area is 84.8 Å². The van der Waals surface area contributed by atoms with Crippen LogP contribution in [0.3, 0.4) is 0 Å². The monoisotopic (exact) mass is 226 g/mol. The van der Waals surface area contributed by atoms with E-state index in [2.05, 4.69) is 19.2 Å². The van der Waals surface area contributed by atoms with Gasteiger partial charge in [-0.1, -0.05) is 8.98 Å². The summed E-state index contributed by atoms with van der Waals surface area (Å²) in [7, 11) is 0. The maximum Gasteiger partial charge on any atom is 0.166 e. The Hall–Kier alpha value is -1.54. The number of fused-ring (bicyclic) bond motifs is 2. The third-order valence-corrected chi connectivity index (χ3v) is 3.32. The molecule has 0 amide bonds. The molecule has 3 rings (SSSR count). The van der Waals surface area contributed by atoms with E-state index in [0.717, 1.165) is 23.1 Å². The van der Waals surface area contributed by atoms with Crippen molar-refractivity contribution >= 4 is 43.5 Å². The average molecular weight is 226 g/mol. The van der Waals surface area contributed by atoms with Crippen LogP contribution in [-0.2, 0) is 0 Å². The van der Waals surface area contributed by atoms with Crippen LogP contribution in [0.1, 0.15) is 0 Å². The van der Waals surface area contributed by atoms with E-state index in [1.54, 1.807) is 0 Å². The van der Waals surface area contributed by atoms with E-state index in [0.29, 0.717) is 20.4 Å². The number of aromatic hydroxyl groups is 2. The van der Waals surface area contributed by atoms with E-state index in [1.165, 1.54) is 0 Å². The molecule has 0 unspecified atom stereocenters. The van der Waals surface area contributed by atoms with E-state index >= 15 is 0 Å². The summed E-state index contributed by atoms with van der Waals surface area (Å²) in [6, 6.07) is 0. The van der Waals surface area contributed by atoms with Gasteiger partial charge in [-0.05, 0) is 23.1 Å². The van der Waals surface area contributed by atoms with Crippen molar-refractivity contribution in [1.82, 2.24) is 19.2 Å². The van der Waals surface area contributed by atoms with Crippen molar-refractivity contribution in [3.05, 3.63) is 0 Å². The average Bonchev–Trinajstić information content (AvgIpc) is 2.82. The Morgan fingerprint density at radius 3 is 1.64 bits per heavy atom. The largest absolute Gasteiger partial charge is 0.504 e. The Bertz CT molecular complexity index is 528. The highest BCUT2D eigenvalue weighted by Gasteiger charge is 2.18. The fourth-order valence-corrected chi connectivity index (χ4v) is 2.44. The quantitative estimate of drug-likeness (QED) is 0.558. The minimum Gasteiger partial charge on any atom is -0.504 e. The summed E-state index contributed by atoms with van der Waals surface area (Å²) in [5.41, 5.74) is 0.595. The van der Waals surface area contributed by atoms with Crippen LogP contribution in [0, 0.1) is 0 Å². The number of phenolic OH excluding ortho intramolecular Hbond substituents is 2. The summed E-state index contributed by atoms with van der Waals surface area (Å²) >= 11 is 2.02. The second kappa shape index (κ2) is 2.49. The molecule has 0 fully saturated rings. The lowest BCUT2D eigenvalue weighted by Crippen LogP contribution is -1.76. The van der Waals surface area contributed by atoms with Crippen LogP contribution in [0.2, 0.25) is 0 Å². The predicted octanol–water partition coefficient (Wildman–Crippen LogP) is 1.11. The highest BCUT2D eigenvalue weighted by molar-refractivity contribution is 7.15. The molecule has 0 atom stereocenters. The second-order valence-corrected chi connectivity index (χ2v) is 4.11. The van der Waals surface area contributed by atoms with Crippen molar-refractivity contribution in [2.75, 3.05) is 0 Å². The van der Waals surface area contributed by atoms with E-state index in [1.807, 2.05) is 0 Å². The summed E-state index contributed by atoms with van der Waals surface area (Å²) in [6.07, 6.45) is 0. The van der Waals surface area contributed by atoms with E-state index < -0.39 is 0 Å². The van der Waals surface area contributed by atoms with Crippen molar-refractivity contribution < 1.29 is 10.2 Å². The third kappa shape index (κ3) is 0.788. The SMILES string of the molecule is Oc1c2nnsc2c(O)c2nnsc12. The van der Waals surface area contributed by atoms with Crippen LogP contribution >= 0.6 is 23.1 Å². The van der Waals surface area contributed by atoms with Crippen LogP contribution < -0.4 is 0 Å². The predicted molar refractivity (Wildman–Crippen MR) is 51.7 cm³/mol. The molecule has 0 aliphatic rings. The van der Waals surface area contributed by atoms with Gasteiger partial charge in [-0.15, -0.1) is 10.2 Å². The number of benzene rings is 1. The normalized spacial score (nSPS) is 11.4. The molecule has 2 aromatic heterocycles. The van der Waals surface area contributed by atoms with Gasteiger partial charge >= 0.3 is 0 Å². The molecule has 0 aliphatic carbocycles. The molecule has 3 aromatic rings. The van der Waals surface area contributed by atoms with Gasteiger partial charge in [0.15, 0.2) is 22.5 Å². The fraction of sp³-hybridized carbons (Fsp3) is 0. The molecule has 0 spiro atoms. The summed E-state index contributed by atoms with van der Waals surface area (Å²) in [4.78, 5) is 0. The Morgan fingerprint density at radius 1 is 0.786 bits per heavy atom. The van der Waals surface area contributed by atoms with Crippen molar-refractivity contribution in [3.8, 4) is 11.5 Å². The molecule has 0 aliphatic heterocycles. The number of hydrogen-bond donors (Lipinski definition) is 2. The third-order valence-electron chi connectivity index (χ3n) is 1.85. The zero-order valence-electron chi connectivity index (χ0n) is 6.50. The molecule has 0 saturated carbocycles. The summed E-state index contributed by atoms with van der Waals surface area (Å²) in [6.45, 7) is 0. The van der Waals surface area contributed by atoms with Gasteiger partial charge in [0, 0.05) is 0 Å². The van der Waals surface area contributed by atoms with Crippen LogP contribution in [0.25, 0.3) is 20.4 Å². The number of aromatic nitrogens is 4. The zero-order valence-corrected chi connectivity index (χ0v) is 8.13. The fourth-order valence-electron chi connectivity index (χ4n) is 1.22. The van der Waals surface area contributed by atoms with Crippen molar-refractivity contribution in [1.29, 1.82) is 0 Å². The first-order valence-electron chi connectivity index (χ1n) is 3.57. The minimum absolute atomic E-state index is 0.0171. The number of phenols is 2. The van der Waals surface area contributed by atoms with E-state index in [9.17, 15) is 10.2 Å². The lowest BCUT2D eigenvalue weighted by molar-refractivity contribution is 0.478. The molecule has 8 heteroatoms. The zero-order chi connectivity index (χ0) is 9.71. The molecular weight excluding hydrogens is 224 g/mol. The highest BCUT2D eigenvalue weighted by Crippen LogP contribution is 2.42. The van der Waals surface area contributed by atoms with Crippen LogP contribution in [0.15, 0.2) is 0 Å².